The van der Waals surface area contributed by atoms with Gasteiger partial charge < -0.3 is 20.4 Å². The Labute approximate surface area is 212 Å². The number of nitrogens with zero attached hydrogens (tertiary/aromatic N) is 4. The second-order valence-corrected chi connectivity index (χ2v) is 9.61. The minimum Gasteiger partial charge on any atom is -0.368 e. The largest absolute Gasteiger partial charge is 0.368 e. The number of rotatable bonds is 4. The van der Waals surface area contributed by atoms with Gasteiger partial charge in [-0.2, -0.15) is 0 Å². The Hall–Kier alpha value is -3.97. The van der Waals surface area contributed by atoms with Gasteiger partial charge >= 0.3 is 6.03 Å². The second kappa shape index (κ2) is 9.95. The van der Waals surface area contributed by atoms with Gasteiger partial charge in [0.15, 0.2) is 0 Å². The number of amides is 2. The van der Waals surface area contributed by atoms with Gasteiger partial charge in [-0.1, -0.05) is 12.1 Å². The average Bonchev–Trinajstić information content (AvgIpc) is 2.83. The quantitative estimate of drug-likeness (QED) is 0.397. The maximum atomic E-state index is 12.8. The van der Waals surface area contributed by atoms with E-state index in [9.17, 15) is 4.79 Å². The standard InChI is InChI=1S/C29H32N6O/c1-19-14-23(8-9-25(19)22-15-20(2)31-21(3)16-22)32-29(36)33-24-17-26-27(30-18-24)6-5-7-28(26)35-12-10-34(4)11-13-35/h5-9,14-18H,10-13H2,1-4H3,(H2,32,33,36). The monoisotopic (exact) mass is 480 g/mol. The van der Waals surface area contributed by atoms with E-state index < -0.39 is 0 Å². The van der Waals surface area contributed by atoms with Gasteiger partial charge in [0.05, 0.1) is 17.4 Å². The lowest BCUT2D eigenvalue weighted by Crippen LogP contribution is -2.44. The fourth-order valence-corrected chi connectivity index (χ4v) is 4.87. The molecule has 3 heterocycles. The molecule has 1 fully saturated rings. The van der Waals surface area contributed by atoms with Gasteiger partial charge in [0.1, 0.15) is 0 Å². The molecule has 2 amide bonds. The third-order valence-corrected chi connectivity index (χ3v) is 6.68. The van der Waals surface area contributed by atoms with E-state index in [4.69, 9.17) is 0 Å². The van der Waals surface area contributed by atoms with Crippen molar-refractivity contribution in [3.05, 3.63) is 77.7 Å². The van der Waals surface area contributed by atoms with E-state index in [-0.39, 0.29) is 6.03 Å². The Morgan fingerprint density at radius 2 is 1.58 bits per heavy atom. The molecular formula is C29H32N6O. The maximum Gasteiger partial charge on any atom is 0.323 e. The number of fused-ring (bicyclic) bond motifs is 1. The van der Waals surface area contributed by atoms with Crippen molar-refractivity contribution in [2.45, 2.75) is 20.8 Å². The van der Waals surface area contributed by atoms with Gasteiger partial charge in [-0.25, -0.2) is 4.79 Å². The van der Waals surface area contributed by atoms with Crippen molar-refractivity contribution < 1.29 is 4.79 Å². The van der Waals surface area contributed by atoms with Crippen LogP contribution in [-0.2, 0) is 0 Å². The number of hydrogen-bond acceptors (Lipinski definition) is 5. The van der Waals surface area contributed by atoms with Crippen molar-refractivity contribution in [1.82, 2.24) is 14.9 Å². The Morgan fingerprint density at radius 3 is 2.31 bits per heavy atom. The zero-order chi connectivity index (χ0) is 25.2. The van der Waals surface area contributed by atoms with E-state index in [2.05, 4.69) is 62.6 Å². The van der Waals surface area contributed by atoms with Crippen LogP contribution in [0.5, 0.6) is 0 Å². The third kappa shape index (κ3) is 5.16. The van der Waals surface area contributed by atoms with E-state index in [1.807, 2.05) is 50.2 Å². The van der Waals surface area contributed by atoms with Crippen molar-refractivity contribution in [3.63, 3.8) is 0 Å². The van der Waals surface area contributed by atoms with Crippen LogP contribution in [0, 0.1) is 20.8 Å². The first-order valence-electron chi connectivity index (χ1n) is 12.3. The Morgan fingerprint density at radius 1 is 0.861 bits per heavy atom. The van der Waals surface area contributed by atoms with Gasteiger partial charge in [0, 0.05) is 54.3 Å². The predicted molar refractivity (Wildman–Crippen MR) is 148 cm³/mol. The van der Waals surface area contributed by atoms with E-state index >= 15 is 0 Å². The molecule has 1 aliphatic heterocycles. The number of aromatic nitrogens is 2. The molecule has 0 atom stereocenters. The summed E-state index contributed by atoms with van der Waals surface area (Å²) in [6.45, 7) is 10.1. The molecular weight excluding hydrogens is 448 g/mol. The molecule has 2 N–H and O–H groups in total. The van der Waals surface area contributed by atoms with Crippen LogP contribution in [0.2, 0.25) is 0 Å². The third-order valence-electron chi connectivity index (χ3n) is 6.68. The molecule has 0 aliphatic carbocycles. The van der Waals surface area contributed by atoms with Gasteiger partial charge in [0.2, 0.25) is 0 Å². The number of anilines is 3. The summed E-state index contributed by atoms with van der Waals surface area (Å²) < 4.78 is 0. The van der Waals surface area contributed by atoms with Crippen molar-refractivity contribution >= 4 is 34.0 Å². The van der Waals surface area contributed by atoms with Crippen LogP contribution in [-0.4, -0.2) is 54.1 Å². The number of nitrogens with one attached hydrogen (secondary N) is 2. The molecule has 0 spiro atoms. The predicted octanol–water partition coefficient (Wildman–Crippen LogP) is 5.62. The average molecular weight is 481 g/mol. The smallest absolute Gasteiger partial charge is 0.323 e. The van der Waals surface area contributed by atoms with Gasteiger partial charge in [-0.15, -0.1) is 0 Å². The van der Waals surface area contributed by atoms with Crippen molar-refractivity contribution in [2.75, 3.05) is 48.8 Å². The fourth-order valence-electron chi connectivity index (χ4n) is 4.87. The number of benzene rings is 2. The van der Waals surface area contributed by atoms with E-state index in [0.29, 0.717) is 5.69 Å². The SMILES string of the molecule is Cc1cc(-c2ccc(NC(=O)Nc3cnc4cccc(N5CCN(C)CC5)c4c3)cc2C)cc(C)n1. The van der Waals surface area contributed by atoms with Crippen LogP contribution in [0.4, 0.5) is 21.9 Å². The minimum absolute atomic E-state index is 0.295. The first-order valence-corrected chi connectivity index (χ1v) is 12.3. The lowest BCUT2D eigenvalue weighted by molar-refractivity contribution is 0.262. The highest BCUT2D eigenvalue weighted by Crippen LogP contribution is 2.29. The molecule has 1 saturated heterocycles. The first kappa shape index (κ1) is 23.8. The highest BCUT2D eigenvalue weighted by atomic mass is 16.2. The summed E-state index contributed by atoms with van der Waals surface area (Å²) in [7, 11) is 2.15. The number of urea groups is 1. The second-order valence-electron chi connectivity index (χ2n) is 9.61. The van der Waals surface area contributed by atoms with Crippen LogP contribution >= 0.6 is 0 Å². The fraction of sp³-hybridized carbons (Fsp3) is 0.276. The zero-order valence-electron chi connectivity index (χ0n) is 21.3. The van der Waals surface area contributed by atoms with Gasteiger partial charge in [-0.3, -0.25) is 9.97 Å². The number of piperazine rings is 1. The zero-order valence-corrected chi connectivity index (χ0v) is 21.3. The lowest BCUT2D eigenvalue weighted by atomic mass is 9.99. The summed E-state index contributed by atoms with van der Waals surface area (Å²) in [4.78, 5) is 26.6. The molecule has 184 valence electrons. The van der Waals surface area contributed by atoms with Crippen molar-refractivity contribution in [3.8, 4) is 11.1 Å². The molecule has 0 radical (unpaired) electrons. The summed E-state index contributed by atoms with van der Waals surface area (Å²) in [5.41, 5.74) is 8.81. The number of likely N-dealkylation sites (N-methyl/N-ethyl adjacent to an activating group) is 1. The molecule has 2 aromatic heterocycles. The van der Waals surface area contributed by atoms with Gasteiger partial charge in [0.25, 0.3) is 0 Å². The van der Waals surface area contributed by atoms with E-state index in [1.165, 1.54) is 0 Å². The molecule has 2 aromatic carbocycles. The van der Waals surface area contributed by atoms with Crippen LogP contribution < -0.4 is 15.5 Å². The Balaban J connectivity index is 1.32. The minimum atomic E-state index is -0.295. The summed E-state index contributed by atoms with van der Waals surface area (Å²) in [5, 5.41) is 6.95. The molecule has 5 rings (SSSR count). The number of carbonyl (C=O) groups excluding carboxylic acids is 1. The molecule has 36 heavy (non-hydrogen) atoms. The van der Waals surface area contributed by atoms with E-state index in [1.54, 1.807) is 6.20 Å². The summed E-state index contributed by atoms with van der Waals surface area (Å²) in [5.74, 6) is 0. The van der Waals surface area contributed by atoms with Crippen LogP contribution in [0.1, 0.15) is 17.0 Å². The van der Waals surface area contributed by atoms with Crippen LogP contribution in [0.25, 0.3) is 22.0 Å². The molecule has 0 bridgehead atoms. The number of pyridine rings is 2. The van der Waals surface area contributed by atoms with Crippen molar-refractivity contribution in [2.24, 2.45) is 0 Å². The molecule has 1 aliphatic rings. The van der Waals surface area contributed by atoms with Crippen LogP contribution in [0.3, 0.4) is 0 Å². The highest BCUT2D eigenvalue weighted by Gasteiger charge is 2.17. The van der Waals surface area contributed by atoms with Crippen molar-refractivity contribution in [1.29, 1.82) is 0 Å². The Kier molecular flexibility index (Phi) is 6.57. The summed E-state index contributed by atoms with van der Waals surface area (Å²) in [6.07, 6.45) is 1.71. The van der Waals surface area contributed by atoms with E-state index in [0.717, 1.165) is 76.5 Å². The lowest BCUT2D eigenvalue weighted by Gasteiger charge is -2.34. The van der Waals surface area contributed by atoms with Crippen LogP contribution in [0.15, 0.2) is 60.8 Å². The maximum absolute atomic E-state index is 12.8. The molecule has 4 aromatic rings. The first-order chi connectivity index (χ1) is 17.4. The summed E-state index contributed by atoms with van der Waals surface area (Å²) in [6, 6.07) is 18.0. The number of hydrogen-bond donors (Lipinski definition) is 2. The normalized spacial score (nSPS) is 14.2. The molecule has 0 unspecified atom stereocenters. The molecule has 7 nitrogen and oxygen atoms in total. The molecule has 0 saturated carbocycles. The number of aryl methyl sites for hydroxylation is 3. The summed E-state index contributed by atoms with van der Waals surface area (Å²) >= 11 is 0. The topological polar surface area (TPSA) is 73.4 Å². The highest BCUT2D eigenvalue weighted by molar-refractivity contribution is 6.02. The van der Waals surface area contributed by atoms with Gasteiger partial charge in [-0.05, 0) is 87.0 Å². The number of carbonyl (C=O) groups is 1. The molecule has 7 heteroatoms. The Bertz CT molecular complexity index is 1400.